The van der Waals surface area contributed by atoms with Crippen LogP contribution < -0.4 is 0 Å². The number of halogens is 1. The van der Waals surface area contributed by atoms with E-state index in [2.05, 4.69) is 6.92 Å². The molecule has 0 aliphatic rings. The van der Waals surface area contributed by atoms with Gasteiger partial charge < -0.3 is 37.9 Å². The van der Waals surface area contributed by atoms with Crippen molar-refractivity contribution in [2.45, 2.75) is 71.1 Å². The van der Waals surface area contributed by atoms with E-state index in [-0.39, 0.29) is 0 Å². The van der Waals surface area contributed by atoms with E-state index in [4.69, 9.17) is 49.5 Å². The molecule has 0 aromatic rings. The molecule has 224 valence electrons. The SMILES string of the molecule is CCCCCCCCOCCOCCOCCOCCOCCOCCOCCOCCCCCCCl. The van der Waals surface area contributed by atoms with Crippen molar-refractivity contribution in [3.8, 4) is 0 Å². The van der Waals surface area contributed by atoms with Crippen LogP contribution in [-0.4, -0.2) is 112 Å². The van der Waals surface area contributed by atoms with Crippen LogP contribution in [0.5, 0.6) is 0 Å². The van der Waals surface area contributed by atoms with Crippen LogP contribution in [-0.2, 0) is 37.9 Å². The van der Waals surface area contributed by atoms with Crippen molar-refractivity contribution in [1.29, 1.82) is 0 Å². The van der Waals surface area contributed by atoms with Gasteiger partial charge in [0.05, 0.1) is 92.5 Å². The van der Waals surface area contributed by atoms with Crippen LogP contribution in [0.3, 0.4) is 0 Å². The van der Waals surface area contributed by atoms with Crippen LogP contribution in [0.1, 0.15) is 71.1 Å². The average molecular weight is 557 g/mol. The fourth-order valence-electron chi connectivity index (χ4n) is 3.28. The van der Waals surface area contributed by atoms with E-state index in [1.54, 1.807) is 0 Å². The molecule has 8 nitrogen and oxygen atoms in total. The van der Waals surface area contributed by atoms with E-state index in [9.17, 15) is 0 Å². The van der Waals surface area contributed by atoms with Gasteiger partial charge in [0.2, 0.25) is 0 Å². The van der Waals surface area contributed by atoms with Crippen molar-refractivity contribution in [3.63, 3.8) is 0 Å². The van der Waals surface area contributed by atoms with Crippen LogP contribution in [0.25, 0.3) is 0 Å². The van der Waals surface area contributed by atoms with Gasteiger partial charge in [-0.25, -0.2) is 0 Å². The van der Waals surface area contributed by atoms with Crippen molar-refractivity contribution in [1.82, 2.24) is 0 Å². The highest BCUT2D eigenvalue weighted by molar-refractivity contribution is 6.17. The molecule has 0 bridgehead atoms. The Morgan fingerprint density at radius 3 is 0.838 bits per heavy atom. The maximum absolute atomic E-state index is 5.65. The molecule has 37 heavy (non-hydrogen) atoms. The van der Waals surface area contributed by atoms with E-state index in [1.807, 2.05) is 0 Å². The highest BCUT2D eigenvalue weighted by atomic mass is 35.5. The molecule has 0 saturated carbocycles. The van der Waals surface area contributed by atoms with Crippen LogP contribution in [0, 0.1) is 0 Å². The molecular weight excluding hydrogens is 500 g/mol. The van der Waals surface area contributed by atoms with Crippen LogP contribution >= 0.6 is 11.6 Å². The molecule has 0 spiro atoms. The summed E-state index contributed by atoms with van der Waals surface area (Å²) in [4.78, 5) is 0. The minimum absolute atomic E-state index is 0.547. The number of hydrogen-bond acceptors (Lipinski definition) is 8. The van der Waals surface area contributed by atoms with Crippen molar-refractivity contribution in [2.75, 3.05) is 112 Å². The molecule has 0 saturated heterocycles. The van der Waals surface area contributed by atoms with Gasteiger partial charge >= 0.3 is 0 Å². The Kier molecular flexibility index (Phi) is 35.9. The van der Waals surface area contributed by atoms with Crippen LogP contribution in [0.15, 0.2) is 0 Å². The molecule has 0 rings (SSSR count). The molecule has 0 aromatic heterocycles. The van der Waals surface area contributed by atoms with Crippen LogP contribution in [0.2, 0.25) is 0 Å². The third kappa shape index (κ3) is 36.0. The van der Waals surface area contributed by atoms with Gasteiger partial charge in [-0.05, 0) is 19.3 Å². The molecule has 0 N–H and O–H groups in total. The maximum atomic E-state index is 5.65. The van der Waals surface area contributed by atoms with Crippen molar-refractivity contribution < 1.29 is 37.9 Å². The first-order chi connectivity index (χ1) is 18.4. The van der Waals surface area contributed by atoms with Gasteiger partial charge in [-0.2, -0.15) is 0 Å². The van der Waals surface area contributed by atoms with Crippen molar-refractivity contribution in [3.05, 3.63) is 0 Å². The summed E-state index contributed by atoms with van der Waals surface area (Å²) >= 11 is 5.65. The predicted molar refractivity (Wildman–Crippen MR) is 149 cm³/mol. The first-order valence-corrected chi connectivity index (χ1v) is 15.1. The molecule has 0 aliphatic heterocycles. The van der Waals surface area contributed by atoms with Gasteiger partial charge in [-0.1, -0.05) is 51.9 Å². The van der Waals surface area contributed by atoms with Crippen molar-refractivity contribution in [2.24, 2.45) is 0 Å². The normalized spacial score (nSPS) is 11.5. The topological polar surface area (TPSA) is 73.8 Å². The molecule has 0 amide bonds. The first-order valence-electron chi connectivity index (χ1n) is 14.6. The van der Waals surface area contributed by atoms with Gasteiger partial charge in [-0.3, -0.25) is 0 Å². The zero-order valence-electron chi connectivity index (χ0n) is 23.7. The lowest BCUT2D eigenvalue weighted by molar-refractivity contribution is -0.0232. The summed E-state index contributed by atoms with van der Waals surface area (Å²) in [5.74, 6) is 0.751. The number of alkyl halides is 1. The van der Waals surface area contributed by atoms with Crippen LogP contribution in [0.4, 0.5) is 0 Å². The van der Waals surface area contributed by atoms with Gasteiger partial charge in [0.25, 0.3) is 0 Å². The lowest BCUT2D eigenvalue weighted by Gasteiger charge is -2.09. The second kappa shape index (κ2) is 36.0. The Bertz CT molecular complexity index is 359. The quantitative estimate of drug-likeness (QED) is 0.0783. The number of rotatable bonds is 34. The zero-order chi connectivity index (χ0) is 26.7. The summed E-state index contributed by atoms with van der Waals surface area (Å²) in [6.07, 6.45) is 12.3. The molecule has 0 fully saturated rings. The van der Waals surface area contributed by atoms with E-state index in [1.165, 1.54) is 44.9 Å². The van der Waals surface area contributed by atoms with Crippen molar-refractivity contribution >= 4 is 11.6 Å². The van der Waals surface area contributed by atoms with E-state index < -0.39 is 0 Å². The Labute approximate surface area is 232 Å². The third-order valence-corrected chi connectivity index (χ3v) is 5.69. The number of unbranched alkanes of at least 4 members (excludes halogenated alkanes) is 8. The zero-order valence-corrected chi connectivity index (χ0v) is 24.5. The molecule has 0 radical (unpaired) electrons. The van der Waals surface area contributed by atoms with E-state index in [0.29, 0.717) is 92.5 Å². The molecule has 9 heteroatoms. The smallest absolute Gasteiger partial charge is 0.0701 e. The number of ether oxygens (including phenoxy) is 8. The Hall–Kier alpha value is -0.0300. The molecule has 0 atom stereocenters. The summed E-state index contributed by atoms with van der Waals surface area (Å²) in [6, 6.07) is 0. The summed E-state index contributed by atoms with van der Waals surface area (Å²) in [6.45, 7) is 12.0. The fourth-order valence-corrected chi connectivity index (χ4v) is 3.47. The second-order valence-electron chi connectivity index (χ2n) is 8.77. The molecule has 0 unspecified atom stereocenters. The molecule has 0 aliphatic carbocycles. The minimum atomic E-state index is 0.547. The average Bonchev–Trinajstić information content (AvgIpc) is 2.91. The minimum Gasteiger partial charge on any atom is -0.379 e. The highest BCUT2D eigenvalue weighted by Gasteiger charge is 1.96. The number of hydrogen-bond donors (Lipinski definition) is 0. The van der Waals surface area contributed by atoms with Gasteiger partial charge in [-0.15, -0.1) is 11.6 Å². The maximum Gasteiger partial charge on any atom is 0.0701 e. The Balaban J connectivity index is 3.00. The molecule has 0 heterocycles. The summed E-state index contributed by atoms with van der Waals surface area (Å²) in [5, 5.41) is 0. The molecule has 0 aromatic carbocycles. The van der Waals surface area contributed by atoms with Gasteiger partial charge in [0.1, 0.15) is 0 Å². The van der Waals surface area contributed by atoms with E-state index in [0.717, 1.165) is 38.4 Å². The highest BCUT2D eigenvalue weighted by Crippen LogP contribution is 2.04. The lowest BCUT2D eigenvalue weighted by Crippen LogP contribution is -2.15. The largest absolute Gasteiger partial charge is 0.379 e. The first kappa shape index (κ1) is 37.0. The second-order valence-corrected chi connectivity index (χ2v) is 9.15. The molecular formula is C28H57ClO8. The third-order valence-electron chi connectivity index (χ3n) is 5.42. The monoisotopic (exact) mass is 556 g/mol. The summed E-state index contributed by atoms with van der Waals surface area (Å²) in [5.41, 5.74) is 0. The Morgan fingerprint density at radius 1 is 0.297 bits per heavy atom. The summed E-state index contributed by atoms with van der Waals surface area (Å²) < 4.78 is 44.0. The van der Waals surface area contributed by atoms with E-state index >= 15 is 0 Å². The lowest BCUT2D eigenvalue weighted by atomic mass is 10.1. The van der Waals surface area contributed by atoms with Gasteiger partial charge in [0.15, 0.2) is 0 Å². The standard InChI is InChI=1S/C28H57ClO8/c1-2-3-4-5-7-10-13-30-15-17-32-19-21-34-23-25-36-27-28-37-26-24-35-22-20-33-18-16-31-14-11-8-6-9-12-29/h2-28H2,1H3. The fraction of sp³-hybridized carbons (Fsp3) is 1.00. The Morgan fingerprint density at radius 2 is 0.541 bits per heavy atom. The predicted octanol–water partition coefficient (Wildman–Crippen LogP) is 5.28. The van der Waals surface area contributed by atoms with Gasteiger partial charge in [0, 0.05) is 19.1 Å². The summed E-state index contributed by atoms with van der Waals surface area (Å²) in [7, 11) is 0.